The number of aliphatic hydroxyl groups excluding tert-OH is 2. The Morgan fingerprint density at radius 2 is 1.88 bits per heavy atom. The highest BCUT2D eigenvalue weighted by Gasteiger charge is 2.23. The molecule has 0 aliphatic heterocycles. The molecule has 16 heavy (non-hydrogen) atoms. The molecule has 1 rings (SSSR count). The van der Waals surface area contributed by atoms with Gasteiger partial charge in [-0.15, -0.1) is 0 Å². The molecule has 0 radical (unpaired) electrons. The monoisotopic (exact) mass is 418 g/mol. The second-order valence-corrected chi connectivity index (χ2v) is 5.84. The number of aliphatic hydroxyl groups is 2. The third-order valence-electron chi connectivity index (χ3n) is 2.11. The Labute approximate surface area is 118 Å². The van der Waals surface area contributed by atoms with Crippen LogP contribution in [0.15, 0.2) is 21.1 Å². The molecule has 0 aliphatic rings. The molecule has 1 aromatic rings. The summed E-state index contributed by atoms with van der Waals surface area (Å²) in [4.78, 5) is 0. The van der Waals surface area contributed by atoms with Gasteiger partial charge in [0.25, 0.3) is 0 Å². The van der Waals surface area contributed by atoms with Crippen LogP contribution in [0.2, 0.25) is 0 Å². The summed E-state index contributed by atoms with van der Waals surface area (Å²) in [5.74, 6) is -0.553. The molecule has 90 valence electrons. The lowest BCUT2D eigenvalue weighted by atomic mass is 10.0. The van der Waals surface area contributed by atoms with Gasteiger partial charge in [-0.05, 0) is 18.6 Å². The van der Waals surface area contributed by atoms with Gasteiger partial charge in [-0.25, -0.2) is 4.39 Å². The molecular weight excluding hydrogens is 411 g/mol. The smallest absolute Gasteiger partial charge is 0.131 e. The molecule has 2 atom stereocenters. The Morgan fingerprint density at radius 3 is 2.38 bits per heavy atom. The SMILES string of the molecule is OC(CCBr)C(O)c1c(F)cc(Br)cc1Br. The Hall–Kier alpha value is 0.510. The Kier molecular flexibility index (Phi) is 5.87. The number of alkyl halides is 1. The second-order valence-electron chi connectivity index (χ2n) is 3.27. The third-order valence-corrected chi connectivity index (χ3v) is 3.68. The zero-order valence-corrected chi connectivity index (χ0v) is 12.9. The number of benzene rings is 1. The molecular formula is C10H10Br3FO2. The number of hydrogen-bond donors (Lipinski definition) is 2. The first-order valence-electron chi connectivity index (χ1n) is 4.54. The molecule has 0 saturated carbocycles. The molecule has 0 aromatic heterocycles. The predicted molar refractivity (Wildman–Crippen MR) is 71.2 cm³/mol. The van der Waals surface area contributed by atoms with Crippen molar-refractivity contribution in [2.75, 3.05) is 5.33 Å². The van der Waals surface area contributed by atoms with Crippen LogP contribution in [0.3, 0.4) is 0 Å². The minimum absolute atomic E-state index is 0.0802. The summed E-state index contributed by atoms with van der Waals surface area (Å²) >= 11 is 9.46. The first-order valence-corrected chi connectivity index (χ1v) is 7.24. The van der Waals surface area contributed by atoms with Gasteiger partial charge in [-0.1, -0.05) is 47.8 Å². The largest absolute Gasteiger partial charge is 0.390 e. The van der Waals surface area contributed by atoms with Crippen molar-refractivity contribution < 1.29 is 14.6 Å². The van der Waals surface area contributed by atoms with Crippen LogP contribution in [0.4, 0.5) is 4.39 Å². The molecule has 0 heterocycles. The van der Waals surface area contributed by atoms with Gasteiger partial charge in [0.2, 0.25) is 0 Å². The zero-order valence-electron chi connectivity index (χ0n) is 8.13. The molecule has 0 amide bonds. The predicted octanol–water partition coefficient (Wildman–Crippen LogP) is 3.53. The first-order chi connectivity index (χ1) is 7.47. The maximum atomic E-state index is 13.6. The standard InChI is InChI=1S/C10H10Br3FO2/c11-2-1-8(15)10(16)9-6(13)3-5(12)4-7(9)14/h3-4,8,10,15-16H,1-2H2. The van der Waals surface area contributed by atoms with Gasteiger partial charge in [0.15, 0.2) is 0 Å². The van der Waals surface area contributed by atoms with Crippen LogP contribution in [0.1, 0.15) is 18.1 Å². The first kappa shape index (κ1) is 14.6. The van der Waals surface area contributed by atoms with Crippen LogP contribution in [-0.2, 0) is 0 Å². The topological polar surface area (TPSA) is 40.5 Å². The van der Waals surface area contributed by atoms with E-state index in [0.29, 0.717) is 20.7 Å². The van der Waals surface area contributed by atoms with Gasteiger partial charge in [0.05, 0.1) is 6.10 Å². The van der Waals surface area contributed by atoms with Crippen molar-refractivity contribution in [1.29, 1.82) is 0 Å². The second kappa shape index (κ2) is 6.44. The highest BCUT2D eigenvalue weighted by Crippen LogP contribution is 2.32. The van der Waals surface area contributed by atoms with Gasteiger partial charge in [0.1, 0.15) is 11.9 Å². The number of hydrogen-bond acceptors (Lipinski definition) is 2. The molecule has 2 N–H and O–H groups in total. The highest BCUT2D eigenvalue weighted by atomic mass is 79.9. The fraction of sp³-hybridized carbons (Fsp3) is 0.400. The van der Waals surface area contributed by atoms with E-state index in [1.54, 1.807) is 6.07 Å². The van der Waals surface area contributed by atoms with Crippen molar-refractivity contribution in [1.82, 2.24) is 0 Å². The van der Waals surface area contributed by atoms with Crippen molar-refractivity contribution in [3.63, 3.8) is 0 Å². The van der Waals surface area contributed by atoms with E-state index in [0.717, 1.165) is 0 Å². The molecule has 0 spiro atoms. The van der Waals surface area contributed by atoms with E-state index in [9.17, 15) is 14.6 Å². The molecule has 1 aromatic carbocycles. The van der Waals surface area contributed by atoms with E-state index in [1.807, 2.05) is 0 Å². The summed E-state index contributed by atoms with van der Waals surface area (Å²) in [6.07, 6.45) is -1.88. The maximum Gasteiger partial charge on any atom is 0.131 e. The summed E-state index contributed by atoms with van der Waals surface area (Å²) in [6, 6.07) is 2.88. The van der Waals surface area contributed by atoms with Crippen molar-refractivity contribution in [3.8, 4) is 0 Å². The maximum absolute atomic E-state index is 13.6. The van der Waals surface area contributed by atoms with Crippen LogP contribution in [-0.4, -0.2) is 21.6 Å². The molecule has 2 unspecified atom stereocenters. The van der Waals surface area contributed by atoms with E-state index in [2.05, 4.69) is 47.8 Å². The van der Waals surface area contributed by atoms with E-state index in [-0.39, 0.29) is 5.56 Å². The quantitative estimate of drug-likeness (QED) is 0.731. The number of rotatable bonds is 4. The summed E-state index contributed by atoms with van der Waals surface area (Å²) in [5.41, 5.74) is 0.0802. The average molecular weight is 421 g/mol. The minimum Gasteiger partial charge on any atom is -0.390 e. The summed E-state index contributed by atoms with van der Waals surface area (Å²) in [7, 11) is 0. The van der Waals surface area contributed by atoms with Crippen LogP contribution >= 0.6 is 47.8 Å². The lowest BCUT2D eigenvalue weighted by Crippen LogP contribution is -2.20. The van der Waals surface area contributed by atoms with E-state index in [4.69, 9.17) is 0 Å². The van der Waals surface area contributed by atoms with Crippen molar-refractivity contribution in [3.05, 3.63) is 32.5 Å². The summed E-state index contributed by atoms with van der Waals surface area (Å²) < 4.78 is 14.6. The van der Waals surface area contributed by atoms with Gasteiger partial charge in [-0.2, -0.15) is 0 Å². The normalized spacial score (nSPS) is 14.9. The molecule has 0 bridgehead atoms. The van der Waals surface area contributed by atoms with Gasteiger partial charge >= 0.3 is 0 Å². The van der Waals surface area contributed by atoms with E-state index >= 15 is 0 Å². The number of halogens is 4. The summed E-state index contributed by atoms with van der Waals surface area (Å²) in [5, 5.41) is 20.0. The molecule has 0 aliphatic carbocycles. The van der Waals surface area contributed by atoms with Gasteiger partial charge in [-0.3, -0.25) is 0 Å². The Balaban J connectivity index is 3.03. The highest BCUT2D eigenvalue weighted by molar-refractivity contribution is 9.11. The van der Waals surface area contributed by atoms with E-state index < -0.39 is 18.0 Å². The fourth-order valence-electron chi connectivity index (χ4n) is 1.30. The van der Waals surface area contributed by atoms with Crippen LogP contribution < -0.4 is 0 Å². The average Bonchev–Trinajstić information content (AvgIpc) is 2.16. The Bertz CT molecular complexity index is 350. The minimum atomic E-state index is -1.24. The lowest BCUT2D eigenvalue weighted by molar-refractivity contribution is 0.0148. The van der Waals surface area contributed by atoms with E-state index in [1.165, 1.54) is 6.07 Å². The van der Waals surface area contributed by atoms with Crippen molar-refractivity contribution in [2.45, 2.75) is 18.6 Å². The molecule has 0 saturated heterocycles. The lowest BCUT2D eigenvalue weighted by Gasteiger charge is -2.19. The van der Waals surface area contributed by atoms with Crippen LogP contribution in [0.25, 0.3) is 0 Å². The van der Waals surface area contributed by atoms with Crippen LogP contribution in [0.5, 0.6) is 0 Å². The molecule has 2 nitrogen and oxygen atoms in total. The summed E-state index contributed by atoms with van der Waals surface area (Å²) in [6.45, 7) is 0. The third kappa shape index (κ3) is 3.50. The molecule has 0 fully saturated rings. The van der Waals surface area contributed by atoms with Crippen molar-refractivity contribution >= 4 is 47.8 Å². The van der Waals surface area contributed by atoms with Gasteiger partial charge in [0, 0.05) is 19.8 Å². The van der Waals surface area contributed by atoms with Crippen LogP contribution in [0, 0.1) is 5.82 Å². The Morgan fingerprint density at radius 1 is 1.25 bits per heavy atom. The van der Waals surface area contributed by atoms with Gasteiger partial charge < -0.3 is 10.2 Å². The zero-order chi connectivity index (χ0) is 12.3. The molecule has 6 heteroatoms. The van der Waals surface area contributed by atoms with Crippen molar-refractivity contribution in [2.24, 2.45) is 0 Å². The fourth-order valence-corrected chi connectivity index (χ4v) is 3.17.